The van der Waals surface area contributed by atoms with Gasteiger partial charge in [-0.25, -0.2) is 4.98 Å². The maximum atomic E-state index is 12.5. The molecule has 1 aliphatic heterocycles. The lowest BCUT2D eigenvalue weighted by Crippen LogP contribution is -2.38. The van der Waals surface area contributed by atoms with E-state index in [-0.39, 0.29) is 11.8 Å². The van der Waals surface area contributed by atoms with Crippen molar-refractivity contribution in [3.05, 3.63) is 48.7 Å². The molecular formula is C20H21N3O2. The molecule has 0 spiro atoms. The van der Waals surface area contributed by atoms with Crippen LogP contribution in [0.1, 0.15) is 12.8 Å². The summed E-state index contributed by atoms with van der Waals surface area (Å²) < 4.78 is 5.70. The molecule has 0 atom stereocenters. The molecule has 2 aromatic rings. The number of carbonyl (C=O) groups excluding carboxylic acids is 1. The number of pyridine rings is 1. The molecule has 0 bridgehead atoms. The van der Waals surface area contributed by atoms with Crippen molar-refractivity contribution in [2.24, 2.45) is 5.92 Å². The first-order chi connectivity index (χ1) is 12.2. The van der Waals surface area contributed by atoms with E-state index < -0.39 is 0 Å². The van der Waals surface area contributed by atoms with Crippen LogP contribution >= 0.6 is 0 Å². The van der Waals surface area contributed by atoms with Crippen LogP contribution in [0.5, 0.6) is 11.6 Å². The molecule has 0 unspecified atom stereocenters. The van der Waals surface area contributed by atoms with Crippen LogP contribution in [-0.2, 0) is 4.79 Å². The fourth-order valence-electron chi connectivity index (χ4n) is 2.89. The molecule has 1 amide bonds. The normalized spacial score (nSPS) is 15.3. The molecule has 128 valence electrons. The molecule has 1 saturated heterocycles. The highest BCUT2D eigenvalue weighted by Gasteiger charge is 2.24. The average molecular weight is 335 g/mol. The first kappa shape index (κ1) is 17.0. The molecule has 1 aliphatic rings. The Morgan fingerprint density at radius 3 is 2.84 bits per heavy atom. The predicted molar refractivity (Wildman–Crippen MR) is 97.4 cm³/mol. The minimum Gasteiger partial charge on any atom is -0.439 e. The van der Waals surface area contributed by atoms with Crippen LogP contribution in [0.15, 0.2) is 48.7 Å². The highest BCUT2D eigenvalue weighted by molar-refractivity contribution is 5.92. The monoisotopic (exact) mass is 335 g/mol. The second kappa shape index (κ2) is 8.32. The van der Waals surface area contributed by atoms with Gasteiger partial charge in [-0.05, 0) is 44.1 Å². The topological polar surface area (TPSA) is 54.5 Å². The Bertz CT molecular complexity index is 747. The van der Waals surface area contributed by atoms with Crippen molar-refractivity contribution in [3.8, 4) is 24.0 Å². The molecule has 2 heterocycles. The zero-order valence-electron chi connectivity index (χ0n) is 14.0. The molecule has 1 N–H and O–H groups in total. The van der Waals surface area contributed by atoms with E-state index in [1.54, 1.807) is 18.3 Å². The van der Waals surface area contributed by atoms with Gasteiger partial charge in [0.05, 0.1) is 6.54 Å². The lowest BCUT2D eigenvalue weighted by Gasteiger charge is -2.29. The number of amides is 1. The van der Waals surface area contributed by atoms with Gasteiger partial charge in [0.1, 0.15) is 5.75 Å². The van der Waals surface area contributed by atoms with Gasteiger partial charge in [-0.2, -0.15) is 0 Å². The second-order valence-electron chi connectivity index (χ2n) is 6.04. The van der Waals surface area contributed by atoms with E-state index in [0.29, 0.717) is 18.2 Å². The van der Waals surface area contributed by atoms with Crippen molar-refractivity contribution in [3.63, 3.8) is 0 Å². The number of carbonyl (C=O) groups is 1. The van der Waals surface area contributed by atoms with Crippen LogP contribution < -0.4 is 10.1 Å². The molecule has 1 fully saturated rings. The summed E-state index contributed by atoms with van der Waals surface area (Å²) in [6.07, 6.45) is 8.67. The van der Waals surface area contributed by atoms with Gasteiger partial charge in [-0.15, -0.1) is 6.42 Å². The van der Waals surface area contributed by atoms with E-state index in [0.717, 1.165) is 31.6 Å². The zero-order valence-corrected chi connectivity index (χ0v) is 14.0. The molecule has 1 aromatic heterocycles. The van der Waals surface area contributed by atoms with Crippen LogP contribution in [0.2, 0.25) is 0 Å². The number of anilines is 1. The van der Waals surface area contributed by atoms with E-state index in [1.807, 2.05) is 30.3 Å². The Kier molecular flexibility index (Phi) is 5.65. The Hall–Kier alpha value is -2.84. The molecule has 0 aliphatic carbocycles. The van der Waals surface area contributed by atoms with Crippen molar-refractivity contribution < 1.29 is 9.53 Å². The molecular weight excluding hydrogens is 314 g/mol. The quantitative estimate of drug-likeness (QED) is 0.853. The smallest absolute Gasteiger partial charge is 0.227 e. The van der Waals surface area contributed by atoms with Crippen molar-refractivity contribution >= 4 is 11.6 Å². The third-order valence-electron chi connectivity index (χ3n) is 4.24. The largest absolute Gasteiger partial charge is 0.439 e. The number of hydrogen-bond acceptors (Lipinski definition) is 4. The van der Waals surface area contributed by atoms with Gasteiger partial charge in [0.2, 0.25) is 11.8 Å². The molecule has 5 heteroatoms. The third-order valence-corrected chi connectivity index (χ3v) is 4.24. The van der Waals surface area contributed by atoms with E-state index in [1.165, 1.54) is 0 Å². The highest BCUT2D eigenvalue weighted by atomic mass is 16.5. The van der Waals surface area contributed by atoms with Gasteiger partial charge in [0.25, 0.3) is 0 Å². The van der Waals surface area contributed by atoms with Crippen LogP contribution in [-0.4, -0.2) is 35.4 Å². The minimum atomic E-state index is 0.0226. The number of hydrogen-bond donors (Lipinski definition) is 1. The summed E-state index contributed by atoms with van der Waals surface area (Å²) >= 11 is 0. The van der Waals surface area contributed by atoms with Crippen LogP contribution in [0.25, 0.3) is 0 Å². The van der Waals surface area contributed by atoms with Crippen LogP contribution in [0.4, 0.5) is 5.69 Å². The number of terminal acetylenes is 1. The standard InChI is InChI=1S/C20H21N3O2/c1-2-12-23-13-9-16(10-14-23)20(24)22-17-6-5-7-18(15-17)25-19-8-3-4-11-21-19/h1,3-8,11,15-16H,9-10,12-14H2,(H,22,24). The lowest BCUT2D eigenvalue weighted by molar-refractivity contribution is -0.121. The Labute approximate surface area is 148 Å². The number of nitrogens with one attached hydrogen (secondary N) is 1. The van der Waals surface area contributed by atoms with E-state index in [4.69, 9.17) is 11.2 Å². The maximum Gasteiger partial charge on any atom is 0.227 e. The number of ether oxygens (including phenoxy) is 1. The summed E-state index contributed by atoms with van der Waals surface area (Å²) in [6, 6.07) is 12.8. The third kappa shape index (κ3) is 4.82. The van der Waals surface area contributed by atoms with E-state index in [9.17, 15) is 4.79 Å². The van der Waals surface area contributed by atoms with Gasteiger partial charge in [0, 0.05) is 29.9 Å². The SMILES string of the molecule is C#CCN1CCC(C(=O)Nc2cccc(Oc3ccccn3)c2)CC1. The van der Waals surface area contributed by atoms with Gasteiger partial charge >= 0.3 is 0 Å². The van der Waals surface area contributed by atoms with Gasteiger partial charge < -0.3 is 10.1 Å². The van der Waals surface area contributed by atoms with Gasteiger partial charge in [0.15, 0.2) is 0 Å². The summed E-state index contributed by atoms with van der Waals surface area (Å²) in [4.78, 5) is 18.8. The number of nitrogens with zero attached hydrogens (tertiary/aromatic N) is 2. The lowest BCUT2D eigenvalue weighted by atomic mass is 9.96. The van der Waals surface area contributed by atoms with Crippen molar-refractivity contribution in [1.29, 1.82) is 0 Å². The molecule has 1 aromatic carbocycles. The van der Waals surface area contributed by atoms with E-state index in [2.05, 4.69) is 21.1 Å². The first-order valence-electron chi connectivity index (χ1n) is 8.40. The fourth-order valence-corrected chi connectivity index (χ4v) is 2.89. The minimum absolute atomic E-state index is 0.0226. The van der Waals surface area contributed by atoms with E-state index >= 15 is 0 Å². The summed E-state index contributed by atoms with van der Waals surface area (Å²) in [7, 11) is 0. The fraction of sp³-hybridized carbons (Fsp3) is 0.300. The van der Waals surface area contributed by atoms with Crippen molar-refractivity contribution in [2.45, 2.75) is 12.8 Å². The van der Waals surface area contributed by atoms with Crippen LogP contribution in [0.3, 0.4) is 0 Å². The summed E-state index contributed by atoms with van der Waals surface area (Å²) in [6.45, 7) is 2.39. The van der Waals surface area contributed by atoms with Crippen LogP contribution in [0, 0.1) is 18.3 Å². The van der Waals surface area contributed by atoms with Crippen molar-refractivity contribution in [1.82, 2.24) is 9.88 Å². The highest BCUT2D eigenvalue weighted by Crippen LogP contribution is 2.24. The average Bonchev–Trinajstić information content (AvgIpc) is 2.64. The summed E-state index contributed by atoms with van der Waals surface area (Å²) in [5.74, 6) is 3.89. The maximum absolute atomic E-state index is 12.5. The molecule has 0 saturated carbocycles. The number of benzene rings is 1. The molecule has 3 rings (SSSR count). The molecule has 25 heavy (non-hydrogen) atoms. The van der Waals surface area contributed by atoms with Gasteiger partial charge in [-0.3, -0.25) is 9.69 Å². The summed E-state index contributed by atoms with van der Waals surface area (Å²) in [5.41, 5.74) is 0.726. The summed E-state index contributed by atoms with van der Waals surface area (Å²) in [5, 5.41) is 2.99. The van der Waals surface area contributed by atoms with Gasteiger partial charge in [-0.1, -0.05) is 18.1 Å². The Balaban J connectivity index is 1.57. The Morgan fingerprint density at radius 1 is 1.28 bits per heavy atom. The van der Waals surface area contributed by atoms with Crippen molar-refractivity contribution in [2.75, 3.05) is 25.0 Å². The number of rotatable bonds is 5. The molecule has 5 nitrogen and oxygen atoms in total. The first-order valence-corrected chi connectivity index (χ1v) is 8.40. The Morgan fingerprint density at radius 2 is 2.12 bits per heavy atom. The molecule has 0 radical (unpaired) electrons. The second-order valence-corrected chi connectivity index (χ2v) is 6.04. The number of likely N-dealkylation sites (tertiary alicyclic amines) is 1. The zero-order chi connectivity index (χ0) is 17.5. The number of aromatic nitrogens is 1. The number of piperidine rings is 1. The predicted octanol–water partition coefficient (Wildman–Crippen LogP) is 3.16.